The summed E-state index contributed by atoms with van der Waals surface area (Å²) in [5.74, 6) is -0.563. The first kappa shape index (κ1) is 18.7. The SMILES string of the molecule is NC(=O)[C@H]1CC[C@H](Nc2ncc(F)c(-c3cccc(C4(O)CCC4)n3)n2)CC1. The van der Waals surface area contributed by atoms with Crippen LogP contribution in [0.15, 0.2) is 24.4 Å². The predicted octanol–water partition coefficient (Wildman–Crippen LogP) is 2.51. The van der Waals surface area contributed by atoms with Crippen LogP contribution in [0.4, 0.5) is 10.3 Å². The van der Waals surface area contributed by atoms with Crippen LogP contribution < -0.4 is 11.1 Å². The average molecular weight is 385 g/mol. The number of hydrogen-bond acceptors (Lipinski definition) is 6. The molecular weight excluding hydrogens is 361 g/mol. The minimum absolute atomic E-state index is 0.0769. The molecule has 0 bridgehead atoms. The first-order valence-electron chi connectivity index (χ1n) is 9.73. The maximum absolute atomic E-state index is 14.4. The lowest BCUT2D eigenvalue weighted by atomic mass is 9.77. The first-order valence-corrected chi connectivity index (χ1v) is 9.73. The standard InChI is InChI=1S/C20H24FN5O2/c21-14-11-23-19(24-13-7-5-12(6-8-13)18(22)27)26-17(14)15-3-1-4-16(25-15)20(28)9-2-10-20/h1,3-4,11-13,28H,2,5-10H2,(H2,22,27)(H,23,24,26)/t12-,13-. The second kappa shape index (κ2) is 7.43. The van der Waals surface area contributed by atoms with Gasteiger partial charge in [-0.1, -0.05) is 6.07 Å². The maximum atomic E-state index is 14.4. The number of carbonyl (C=O) groups is 1. The van der Waals surface area contributed by atoms with Gasteiger partial charge in [0, 0.05) is 12.0 Å². The number of aromatic nitrogens is 3. The van der Waals surface area contributed by atoms with Crippen molar-refractivity contribution < 1.29 is 14.3 Å². The average Bonchev–Trinajstić information content (AvgIpc) is 2.68. The highest BCUT2D eigenvalue weighted by atomic mass is 19.1. The Bertz CT molecular complexity index is 879. The number of rotatable bonds is 5. The Hall–Kier alpha value is -2.61. The highest BCUT2D eigenvalue weighted by molar-refractivity contribution is 5.76. The fourth-order valence-electron chi connectivity index (χ4n) is 3.91. The van der Waals surface area contributed by atoms with Crippen molar-refractivity contribution in [2.45, 2.75) is 56.6 Å². The van der Waals surface area contributed by atoms with Crippen molar-refractivity contribution in [1.29, 1.82) is 0 Å². The highest BCUT2D eigenvalue weighted by Gasteiger charge is 2.37. The monoisotopic (exact) mass is 385 g/mol. The molecule has 2 aliphatic carbocycles. The molecule has 2 aromatic rings. The number of amides is 1. The van der Waals surface area contributed by atoms with Gasteiger partial charge in [-0.25, -0.2) is 19.3 Å². The van der Waals surface area contributed by atoms with E-state index in [1.165, 1.54) is 0 Å². The Morgan fingerprint density at radius 2 is 1.96 bits per heavy atom. The summed E-state index contributed by atoms with van der Waals surface area (Å²) < 4.78 is 14.4. The molecule has 0 aliphatic heterocycles. The summed E-state index contributed by atoms with van der Waals surface area (Å²) in [6.07, 6.45) is 6.43. The molecule has 0 aromatic carbocycles. The number of aliphatic hydroxyl groups is 1. The van der Waals surface area contributed by atoms with Gasteiger partial charge < -0.3 is 16.2 Å². The van der Waals surface area contributed by atoms with Crippen LogP contribution >= 0.6 is 0 Å². The summed E-state index contributed by atoms with van der Waals surface area (Å²) >= 11 is 0. The number of nitrogens with one attached hydrogen (secondary N) is 1. The minimum atomic E-state index is -0.917. The summed E-state index contributed by atoms with van der Waals surface area (Å²) in [6, 6.07) is 5.31. The van der Waals surface area contributed by atoms with Gasteiger partial charge in [0.2, 0.25) is 11.9 Å². The van der Waals surface area contributed by atoms with Crippen LogP contribution in [0.2, 0.25) is 0 Å². The van der Waals surface area contributed by atoms with Gasteiger partial charge in [0.15, 0.2) is 5.82 Å². The third kappa shape index (κ3) is 3.69. The van der Waals surface area contributed by atoms with E-state index in [9.17, 15) is 14.3 Å². The molecule has 0 radical (unpaired) electrons. The summed E-state index contributed by atoms with van der Waals surface area (Å²) in [5, 5.41) is 13.7. The molecule has 2 aromatic heterocycles. The Balaban J connectivity index is 1.52. The van der Waals surface area contributed by atoms with Crippen LogP contribution in [-0.2, 0) is 10.4 Å². The molecule has 4 N–H and O–H groups in total. The number of anilines is 1. The molecule has 2 saturated carbocycles. The maximum Gasteiger partial charge on any atom is 0.223 e. The molecule has 2 heterocycles. The van der Waals surface area contributed by atoms with Gasteiger partial charge in [0.05, 0.1) is 17.6 Å². The van der Waals surface area contributed by atoms with Crippen molar-refractivity contribution in [2.75, 3.05) is 5.32 Å². The molecule has 28 heavy (non-hydrogen) atoms. The Morgan fingerprint density at radius 3 is 2.61 bits per heavy atom. The number of pyridine rings is 1. The van der Waals surface area contributed by atoms with E-state index in [-0.39, 0.29) is 23.6 Å². The van der Waals surface area contributed by atoms with Crippen LogP contribution in [0.25, 0.3) is 11.4 Å². The highest BCUT2D eigenvalue weighted by Crippen LogP contribution is 2.40. The van der Waals surface area contributed by atoms with Gasteiger partial charge in [0.25, 0.3) is 0 Å². The Morgan fingerprint density at radius 1 is 1.21 bits per heavy atom. The molecule has 1 amide bonds. The van der Waals surface area contributed by atoms with E-state index >= 15 is 0 Å². The van der Waals surface area contributed by atoms with Crippen LogP contribution in [-0.4, -0.2) is 32.0 Å². The zero-order valence-corrected chi connectivity index (χ0v) is 15.6. The zero-order chi connectivity index (χ0) is 19.7. The van der Waals surface area contributed by atoms with Crippen molar-refractivity contribution >= 4 is 11.9 Å². The first-order chi connectivity index (χ1) is 13.4. The van der Waals surface area contributed by atoms with E-state index < -0.39 is 11.4 Å². The summed E-state index contributed by atoms with van der Waals surface area (Å²) in [5.41, 5.74) is 5.48. The third-order valence-electron chi connectivity index (χ3n) is 5.86. The van der Waals surface area contributed by atoms with Crippen molar-refractivity contribution in [3.05, 3.63) is 35.9 Å². The molecule has 4 rings (SSSR count). The van der Waals surface area contributed by atoms with E-state index in [0.29, 0.717) is 30.2 Å². The fraction of sp³-hybridized carbons (Fsp3) is 0.500. The van der Waals surface area contributed by atoms with Crippen LogP contribution in [0.1, 0.15) is 50.6 Å². The quantitative estimate of drug-likeness (QED) is 0.729. The summed E-state index contributed by atoms with van der Waals surface area (Å²) in [4.78, 5) is 24.1. The van der Waals surface area contributed by atoms with E-state index in [1.807, 2.05) is 0 Å². The van der Waals surface area contributed by atoms with Gasteiger partial charge in [-0.2, -0.15) is 0 Å². The third-order valence-corrected chi connectivity index (χ3v) is 5.86. The Labute approximate surface area is 162 Å². The van der Waals surface area contributed by atoms with Crippen molar-refractivity contribution in [3.8, 4) is 11.4 Å². The van der Waals surface area contributed by atoms with E-state index in [0.717, 1.165) is 38.3 Å². The van der Waals surface area contributed by atoms with Crippen molar-refractivity contribution in [1.82, 2.24) is 15.0 Å². The van der Waals surface area contributed by atoms with Gasteiger partial charge in [-0.3, -0.25) is 4.79 Å². The number of primary amides is 1. The molecule has 8 heteroatoms. The molecule has 0 atom stereocenters. The van der Waals surface area contributed by atoms with E-state index in [1.54, 1.807) is 18.2 Å². The molecule has 2 aliphatic rings. The topological polar surface area (TPSA) is 114 Å². The molecule has 0 spiro atoms. The van der Waals surface area contributed by atoms with Crippen molar-refractivity contribution in [2.24, 2.45) is 11.7 Å². The number of halogens is 1. The van der Waals surface area contributed by atoms with Gasteiger partial charge in [-0.15, -0.1) is 0 Å². The zero-order valence-electron chi connectivity index (χ0n) is 15.6. The van der Waals surface area contributed by atoms with E-state index in [4.69, 9.17) is 5.73 Å². The second-order valence-electron chi connectivity index (χ2n) is 7.78. The molecular formula is C20H24FN5O2. The number of nitrogens with two attached hydrogens (primary N) is 1. The largest absolute Gasteiger partial charge is 0.384 e. The minimum Gasteiger partial charge on any atom is -0.384 e. The normalized spacial score (nSPS) is 23.6. The summed E-state index contributed by atoms with van der Waals surface area (Å²) in [7, 11) is 0. The molecule has 2 fully saturated rings. The number of carbonyl (C=O) groups excluding carboxylic acids is 1. The van der Waals surface area contributed by atoms with Gasteiger partial charge in [0.1, 0.15) is 11.3 Å². The molecule has 7 nitrogen and oxygen atoms in total. The fourth-order valence-corrected chi connectivity index (χ4v) is 3.91. The van der Waals surface area contributed by atoms with Gasteiger partial charge in [-0.05, 0) is 57.1 Å². The molecule has 148 valence electrons. The van der Waals surface area contributed by atoms with Crippen molar-refractivity contribution in [3.63, 3.8) is 0 Å². The predicted molar refractivity (Wildman–Crippen MR) is 102 cm³/mol. The van der Waals surface area contributed by atoms with E-state index in [2.05, 4.69) is 20.3 Å². The Kier molecular flexibility index (Phi) is 4.97. The smallest absolute Gasteiger partial charge is 0.223 e. The van der Waals surface area contributed by atoms with Crippen LogP contribution in [0.5, 0.6) is 0 Å². The summed E-state index contributed by atoms with van der Waals surface area (Å²) in [6.45, 7) is 0. The lowest BCUT2D eigenvalue weighted by Crippen LogP contribution is -2.34. The second-order valence-corrected chi connectivity index (χ2v) is 7.78. The molecule has 0 unspecified atom stereocenters. The molecule has 0 saturated heterocycles. The number of hydrogen-bond donors (Lipinski definition) is 3. The lowest BCUT2D eigenvalue weighted by Gasteiger charge is -2.36. The van der Waals surface area contributed by atoms with Gasteiger partial charge >= 0.3 is 0 Å². The van der Waals surface area contributed by atoms with Crippen LogP contribution in [0.3, 0.4) is 0 Å². The number of nitrogens with zero attached hydrogens (tertiary/aromatic N) is 3. The van der Waals surface area contributed by atoms with Crippen LogP contribution in [0, 0.1) is 11.7 Å². The lowest BCUT2D eigenvalue weighted by molar-refractivity contribution is -0.122.